The molecule has 0 aliphatic carbocycles. The average molecular weight is 278 g/mol. The van der Waals surface area contributed by atoms with Crippen molar-refractivity contribution in [1.29, 1.82) is 0 Å². The van der Waals surface area contributed by atoms with Crippen LogP contribution in [0.4, 0.5) is 0 Å². The summed E-state index contributed by atoms with van der Waals surface area (Å²) in [5.74, 6) is 0.604. The van der Waals surface area contributed by atoms with Gasteiger partial charge in [-0.15, -0.1) is 11.6 Å². The minimum absolute atomic E-state index is 0.108. The summed E-state index contributed by atoms with van der Waals surface area (Å²) in [5, 5.41) is 0. The molecule has 5 heteroatoms. The molecule has 0 atom stereocenters. The van der Waals surface area contributed by atoms with Gasteiger partial charge in [0.1, 0.15) is 13.1 Å². The van der Waals surface area contributed by atoms with Gasteiger partial charge >= 0.3 is 5.82 Å². The van der Waals surface area contributed by atoms with Gasteiger partial charge in [0, 0.05) is 23.8 Å². The van der Waals surface area contributed by atoms with Crippen LogP contribution < -0.4 is 0 Å². The monoisotopic (exact) mass is 277 g/mol. The van der Waals surface area contributed by atoms with Gasteiger partial charge in [0.2, 0.25) is 0 Å². The third kappa shape index (κ3) is 4.13. The van der Waals surface area contributed by atoms with Crippen molar-refractivity contribution in [3.63, 3.8) is 0 Å². The highest BCUT2D eigenvalue weighted by atomic mass is 35.5. The van der Waals surface area contributed by atoms with Gasteiger partial charge < -0.3 is 9.64 Å². The molecule has 0 fully saturated rings. The van der Waals surface area contributed by atoms with Crippen molar-refractivity contribution in [1.82, 2.24) is 4.90 Å². The lowest BCUT2D eigenvalue weighted by Crippen LogP contribution is -2.26. The number of nitrogens with zero attached hydrogens (tertiary/aromatic N) is 3. The number of ether oxygens (including phenoxy) is 1. The highest BCUT2D eigenvalue weighted by Crippen LogP contribution is 2.25. The summed E-state index contributed by atoms with van der Waals surface area (Å²) in [6.45, 7) is 19.8. The van der Waals surface area contributed by atoms with Crippen molar-refractivity contribution in [3.8, 4) is 0 Å². The molecule has 19 heavy (non-hydrogen) atoms. The maximum absolute atomic E-state index is 6.98. The lowest BCUT2D eigenvalue weighted by molar-refractivity contribution is 0.133. The van der Waals surface area contributed by atoms with E-state index in [1.165, 1.54) is 0 Å². The van der Waals surface area contributed by atoms with Crippen LogP contribution in [-0.4, -0.2) is 30.5 Å². The number of halogens is 1. The number of alkyl halides is 1. The van der Waals surface area contributed by atoms with Gasteiger partial charge in [-0.3, -0.25) is 0 Å². The lowest BCUT2D eigenvalue weighted by Gasteiger charge is -2.29. The van der Waals surface area contributed by atoms with Gasteiger partial charge in [0.05, 0.1) is 18.8 Å². The zero-order chi connectivity index (χ0) is 14.3. The molecule has 0 saturated carbocycles. The second kappa shape index (κ2) is 7.63. The maximum atomic E-state index is 6.98. The van der Waals surface area contributed by atoms with Crippen LogP contribution in [-0.2, 0) is 4.74 Å². The van der Waals surface area contributed by atoms with Crippen LogP contribution in [0.25, 0.3) is 9.69 Å². The zero-order valence-electron chi connectivity index (χ0n) is 11.1. The predicted octanol–water partition coefficient (Wildman–Crippen LogP) is 3.42. The molecule has 0 spiro atoms. The normalized spacial score (nSPS) is 14.4. The lowest BCUT2D eigenvalue weighted by atomic mass is 10.1. The van der Waals surface area contributed by atoms with E-state index in [1.807, 2.05) is 26.0 Å². The van der Waals surface area contributed by atoms with E-state index in [-0.39, 0.29) is 5.82 Å². The third-order valence-electron chi connectivity index (χ3n) is 2.73. The number of rotatable bonds is 5. The van der Waals surface area contributed by atoms with Gasteiger partial charge in [-0.1, -0.05) is 0 Å². The van der Waals surface area contributed by atoms with Crippen LogP contribution in [0.15, 0.2) is 34.9 Å². The van der Waals surface area contributed by atoms with Crippen LogP contribution >= 0.6 is 11.6 Å². The van der Waals surface area contributed by atoms with Crippen molar-refractivity contribution < 1.29 is 4.74 Å². The number of hydrogen-bond donors (Lipinski definition) is 0. The van der Waals surface area contributed by atoms with E-state index in [0.717, 1.165) is 17.9 Å². The Bertz CT molecular complexity index is 468. The van der Waals surface area contributed by atoms with Crippen LogP contribution in [0.1, 0.15) is 13.8 Å². The molecule has 0 unspecified atom stereocenters. The molecule has 1 aliphatic heterocycles. The quantitative estimate of drug-likeness (QED) is 0.436. The molecule has 1 aliphatic rings. The first kappa shape index (κ1) is 15.3. The van der Waals surface area contributed by atoms with Gasteiger partial charge in [0.25, 0.3) is 0 Å². The highest BCUT2D eigenvalue weighted by Gasteiger charge is 2.18. The molecule has 0 saturated heterocycles. The maximum Gasteiger partial charge on any atom is 0.526 e. The molecule has 4 nitrogen and oxygen atoms in total. The average Bonchev–Trinajstić information content (AvgIpc) is 2.38. The molecule has 1 heterocycles. The molecular formula is C14H16ClN3O. The van der Waals surface area contributed by atoms with Crippen molar-refractivity contribution in [2.24, 2.45) is 0 Å². The Morgan fingerprint density at radius 1 is 1.21 bits per heavy atom. The van der Waals surface area contributed by atoms with Crippen molar-refractivity contribution >= 4 is 11.6 Å². The van der Waals surface area contributed by atoms with Crippen LogP contribution in [0.5, 0.6) is 0 Å². The summed E-state index contributed by atoms with van der Waals surface area (Å²) >= 11 is 5.54. The Labute approximate surface area is 119 Å². The smallest absolute Gasteiger partial charge is 0.378 e. The Hall–Kier alpha value is -1.75. The minimum Gasteiger partial charge on any atom is -0.378 e. The van der Waals surface area contributed by atoms with E-state index < -0.39 is 0 Å². The summed E-state index contributed by atoms with van der Waals surface area (Å²) < 4.78 is 5.36. The molecule has 0 aromatic rings. The number of allylic oxidation sites excluding steroid dienone is 5. The minimum atomic E-state index is 0.108. The second-order valence-electron chi connectivity index (χ2n) is 4.03. The van der Waals surface area contributed by atoms with E-state index in [4.69, 9.17) is 29.5 Å². The Morgan fingerprint density at radius 3 is 2.26 bits per heavy atom. The van der Waals surface area contributed by atoms with Crippen LogP contribution in [0.3, 0.4) is 0 Å². The fourth-order valence-electron chi connectivity index (χ4n) is 1.87. The number of hydrogen-bond acceptors (Lipinski definition) is 2. The zero-order valence-corrected chi connectivity index (χ0v) is 11.9. The highest BCUT2D eigenvalue weighted by molar-refractivity contribution is 6.17. The SMILES string of the molecule is [C-]#[N+]C([N+]#[C-])=C1C=C(C)N(CCOCCCl)C(C)=C1. The van der Waals surface area contributed by atoms with Gasteiger partial charge in [-0.2, -0.15) is 9.69 Å². The van der Waals surface area contributed by atoms with E-state index in [1.54, 1.807) is 0 Å². The van der Waals surface area contributed by atoms with E-state index in [0.29, 0.717) is 24.7 Å². The van der Waals surface area contributed by atoms with Crippen LogP contribution in [0.2, 0.25) is 0 Å². The van der Waals surface area contributed by atoms with E-state index >= 15 is 0 Å². The molecule has 100 valence electrons. The molecule has 0 radical (unpaired) electrons. The van der Waals surface area contributed by atoms with Crippen molar-refractivity contribution in [2.45, 2.75) is 13.8 Å². The van der Waals surface area contributed by atoms with Crippen LogP contribution in [0, 0.1) is 13.1 Å². The summed E-state index contributed by atoms with van der Waals surface area (Å²) in [6.07, 6.45) is 3.72. The molecule has 0 N–H and O–H groups in total. The largest absolute Gasteiger partial charge is 0.526 e. The fourth-order valence-corrected chi connectivity index (χ4v) is 1.98. The van der Waals surface area contributed by atoms with E-state index in [2.05, 4.69) is 14.6 Å². The Morgan fingerprint density at radius 2 is 1.79 bits per heavy atom. The molecule has 0 aromatic carbocycles. The fraction of sp³-hybridized carbons (Fsp3) is 0.429. The molecule has 0 amide bonds. The Balaban J connectivity index is 2.80. The first-order chi connectivity index (χ1) is 9.13. The summed E-state index contributed by atoms with van der Waals surface area (Å²) in [5.41, 5.74) is 2.70. The molecule has 1 rings (SSSR count). The molecule has 0 bridgehead atoms. The van der Waals surface area contributed by atoms with E-state index in [9.17, 15) is 0 Å². The molecule has 0 aromatic heterocycles. The summed E-state index contributed by atoms with van der Waals surface area (Å²) in [7, 11) is 0. The van der Waals surface area contributed by atoms with Crippen molar-refractivity contribution in [2.75, 3.05) is 25.6 Å². The predicted molar refractivity (Wildman–Crippen MR) is 76.0 cm³/mol. The van der Waals surface area contributed by atoms with Gasteiger partial charge in [0.15, 0.2) is 0 Å². The molecular weight excluding hydrogens is 262 g/mol. The van der Waals surface area contributed by atoms with Gasteiger partial charge in [-0.25, -0.2) is 0 Å². The first-order valence-corrected chi connectivity index (χ1v) is 6.44. The summed E-state index contributed by atoms with van der Waals surface area (Å²) in [6, 6.07) is 0. The third-order valence-corrected chi connectivity index (χ3v) is 2.89. The standard InChI is InChI=1S/C14H16ClN3O/c1-11-9-13(14(16-3)17-4)10-12(2)18(11)6-8-19-7-5-15/h9-10H,5-8H2,1-2H3. The second-order valence-corrected chi connectivity index (χ2v) is 4.40. The van der Waals surface area contributed by atoms with Gasteiger partial charge in [-0.05, 0) is 26.0 Å². The topological polar surface area (TPSA) is 21.2 Å². The van der Waals surface area contributed by atoms with Crippen molar-refractivity contribution in [3.05, 3.63) is 57.8 Å². The Kier molecular flexibility index (Phi) is 6.15. The first-order valence-electron chi connectivity index (χ1n) is 5.91. The summed E-state index contributed by atoms with van der Waals surface area (Å²) in [4.78, 5) is 8.58.